The first-order valence-electron chi connectivity index (χ1n) is 5.67. The van der Waals surface area contributed by atoms with Crippen LogP contribution in [0.3, 0.4) is 0 Å². The van der Waals surface area contributed by atoms with Crippen molar-refractivity contribution >= 4 is 0 Å². The molecule has 0 bridgehead atoms. The maximum atomic E-state index is 9.02. The molecule has 1 fully saturated rings. The van der Waals surface area contributed by atoms with Gasteiger partial charge in [0, 0.05) is 6.04 Å². The fourth-order valence-corrected chi connectivity index (χ4v) is 2.25. The zero-order valence-electron chi connectivity index (χ0n) is 9.24. The normalized spacial score (nSPS) is 25.7. The first-order chi connectivity index (χ1) is 7.28. The summed E-state index contributed by atoms with van der Waals surface area (Å²) in [6.45, 7) is 3.42. The van der Waals surface area contributed by atoms with E-state index in [0.29, 0.717) is 12.0 Å². The molecule has 1 aromatic carbocycles. The number of aryl methyl sites for hydroxylation is 1. The molecule has 15 heavy (non-hydrogen) atoms. The van der Waals surface area contributed by atoms with Gasteiger partial charge < -0.3 is 10.4 Å². The van der Waals surface area contributed by atoms with E-state index >= 15 is 0 Å². The van der Waals surface area contributed by atoms with E-state index in [1.54, 1.807) is 0 Å². The lowest BCUT2D eigenvalue weighted by Gasteiger charge is -2.08. The molecule has 1 aromatic rings. The predicted molar refractivity (Wildman–Crippen MR) is 61.9 cm³/mol. The van der Waals surface area contributed by atoms with Gasteiger partial charge >= 0.3 is 0 Å². The molecule has 1 saturated heterocycles. The Morgan fingerprint density at radius 1 is 1.33 bits per heavy atom. The van der Waals surface area contributed by atoms with Gasteiger partial charge in [0.2, 0.25) is 0 Å². The highest BCUT2D eigenvalue weighted by Gasteiger charge is 2.23. The number of nitrogens with one attached hydrogen (secondary N) is 1. The largest absolute Gasteiger partial charge is 0.395 e. The lowest BCUT2D eigenvalue weighted by atomic mass is 9.96. The standard InChI is InChI=1S/C13H19NO/c1-10-2-4-11(5-3-10)6-12-7-13(9-15)14-8-12/h2-5,12-15H,6-9H2,1H3. The molecule has 0 spiro atoms. The molecule has 1 aliphatic rings. The zero-order chi connectivity index (χ0) is 10.7. The zero-order valence-corrected chi connectivity index (χ0v) is 9.24. The Hall–Kier alpha value is -0.860. The maximum absolute atomic E-state index is 9.02. The summed E-state index contributed by atoms with van der Waals surface area (Å²) in [7, 11) is 0. The third-order valence-electron chi connectivity index (χ3n) is 3.18. The minimum Gasteiger partial charge on any atom is -0.395 e. The fraction of sp³-hybridized carbons (Fsp3) is 0.538. The van der Waals surface area contributed by atoms with Gasteiger partial charge in [-0.3, -0.25) is 0 Å². The first kappa shape index (κ1) is 10.7. The molecule has 1 aliphatic heterocycles. The van der Waals surface area contributed by atoms with Crippen LogP contribution in [0.2, 0.25) is 0 Å². The van der Waals surface area contributed by atoms with Crippen LogP contribution in [0.1, 0.15) is 17.5 Å². The Balaban J connectivity index is 1.90. The lowest BCUT2D eigenvalue weighted by molar-refractivity contribution is 0.253. The Morgan fingerprint density at radius 2 is 2.07 bits per heavy atom. The highest BCUT2D eigenvalue weighted by atomic mass is 16.3. The van der Waals surface area contributed by atoms with Crippen LogP contribution in [0.5, 0.6) is 0 Å². The Morgan fingerprint density at radius 3 is 2.67 bits per heavy atom. The average molecular weight is 205 g/mol. The summed E-state index contributed by atoms with van der Waals surface area (Å²) in [6.07, 6.45) is 2.23. The van der Waals surface area contributed by atoms with Crippen molar-refractivity contribution < 1.29 is 5.11 Å². The van der Waals surface area contributed by atoms with E-state index in [4.69, 9.17) is 5.11 Å². The van der Waals surface area contributed by atoms with Crippen molar-refractivity contribution in [3.05, 3.63) is 35.4 Å². The number of aliphatic hydroxyl groups is 1. The van der Waals surface area contributed by atoms with Gasteiger partial charge in [-0.2, -0.15) is 0 Å². The molecule has 0 aliphatic carbocycles. The van der Waals surface area contributed by atoms with E-state index in [9.17, 15) is 0 Å². The minimum atomic E-state index is 0.268. The summed E-state index contributed by atoms with van der Waals surface area (Å²) in [4.78, 5) is 0. The molecule has 0 saturated carbocycles. The van der Waals surface area contributed by atoms with E-state index in [1.807, 2.05) is 0 Å². The molecule has 0 amide bonds. The highest BCUT2D eigenvalue weighted by molar-refractivity contribution is 5.21. The molecule has 1 heterocycles. The monoisotopic (exact) mass is 205 g/mol. The van der Waals surface area contributed by atoms with Crippen LogP contribution in [-0.2, 0) is 6.42 Å². The number of rotatable bonds is 3. The molecule has 2 rings (SSSR count). The first-order valence-corrected chi connectivity index (χ1v) is 5.67. The van der Waals surface area contributed by atoms with Crippen LogP contribution in [0.25, 0.3) is 0 Å². The smallest absolute Gasteiger partial charge is 0.0584 e. The quantitative estimate of drug-likeness (QED) is 0.784. The second-order valence-electron chi connectivity index (χ2n) is 4.58. The van der Waals surface area contributed by atoms with Gasteiger partial charge in [-0.05, 0) is 37.8 Å². The van der Waals surface area contributed by atoms with Gasteiger partial charge in [0.05, 0.1) is 6.61 Å². The third kappa shape index (κ3) is 2.80. The minimum absolute atomic E-state index is 0.268. The summed E-state index contributed by atoms with van der Waals surface area (Å²) in [6, 6.07) is 9.08. The van der Waals surface area contributed by atoms with Crippen LogP contribution in [0.15, 0.2) is 24.3 Å². The molecule has 2 atom stereocenters. The molecular formula is C13H19NO. The second kappa shape index (κ2) is 4.77. The summed E-state index contributed by atoms with van der Waals surface area (Å²) >= 11 is 0. The van der Waals surface area contributed by atoms with Crippen molar-refractivity contribution in [2.45, 2.75) is 25.8 Å². The molecule has 2 nitrogen and oxygen atoms in total. The fourth-order valence-electron chi connectivity index (χ4n) is 2.25. The van der Waals surface area contributed by atoms with E-state index < -0.39 is 0 Å². The Labute approximate surface area is 91.3 Å². The summed E-state index contributed by atoms with van der Waals surface area (Å²) in [5, 5.41) is 12.4. The van der Waals surface area contributed by atoms with Crippen LogP contribution >= 0.6 is 0 Å². The molecule has 82 valence electrons. The van der Waals surface area contributed by atoms with Crippen molar-refractivity contribution in [1.82, 2.24) is 5.32 Å². The second-order valence-corrected chi connectivity index (χ2v) is 4.58. The molecule has 2 heteroatoms. The van der Waals surface area contributed by atoms with Gasteiger partial charge in [0.25, 0.3) is 0 Å². The van der Waals surface area contributed by atoms with Crippen molar-refractivity contribution in [3.63, 3.8) is 0 Å². The summed E-state index contributed by atoms with van der Waals surface area (Å²) in [5.74, 6) is 0.685. The summed E-state index contributed by atoms with van der Waals surface area (Å²) < 4.78 is 0. The number of hydrogen-bond acceptors (Lipinski definition) is 2. The van der Waals surface area contributed by atoms with E-state index in [2.05, 4.69) is 36.5 Å². The van der Waals surface area contributed by atoms with E-state index in [1.165, 1.54) is 11.1 Å². The van der Waals surface area contributed by atoms with Gasteiger partial charge in [-0.15, -0.1) is 0 Å². The molecule has 0 radical (unpaired) electrons. The molecule has 2 N–H and O–H groups in total. The number of benzene rings is 1. The SMILES string of the molecule is Cc1ccc(CC2CNC(CO)C2)cc1. The van der Waals surface area contributed by atoms with Crippen LogP contribution < -0.4 is 5.32 Å². The summed E-state index contributed by atoms with van der Waals surface area (Å²) in [5.41, 5.74) is 2.72. The van der Waals surface area contributed by atoms with E-state index in [0.717, 1.165) is 19.4 Å². The van der Waals surface area contributed by atoms with Gasteiger partial charge in [-0.1, -0.05) is 29.8 Å². The van der Waals surface area contributed by atoms with Crippen molar-refractivity contribution in [2.75, 3.05) is 13.2 Å². The molecular weight excluding hydrogens is 186 g/mol. The Kier molecular flexibility index (Phi) is 3.39. The predicted octanol–water partition coefficient (Wildman–Crippen LogP) is 1.51. The maximum Gasteiger partial charge on any atom is 0.0584 e. The number of aliphatic hydroxyl groups excluding tert-OH is 1. The van der Waals surface area contributed by atoms with Crippen molar-refractivity contribution in [1.29, 1.82) is 0 Å². The molecule has 0 aromatic heterocycles. The van der Waals surface area contributed by atoms with Gasteiger partial charge in [0.15, 0.2) is 0 Å². The van der Waals surface area contributed by atoms with Crippen molar-refractivity contribution in [3.8, 4) is 0 Å². The van der Waals surface area contributed by atoms with Crippen LogP contribution in [-0.4, -0.2) is 24.3 Å². The van der Waals surface area contributed by atoms with Crippen LogP contribution in [0, 0.1) is 12.8 Å². The average Bonchev–Trinajstić information content (AvgIpc) is 2.69. The Bertz CT molecular complexity index is 307. The van der Waals surface area contributed by atoms with Crippen molar-refractivity contribution in [2.24, 2.45) is 5.92 Å². The van der Waals surface area contributed by atoms with Crippen LogP contribution in [0.4, 0.5) is 0 Å². The highest BCUT2D eigenvalue weighted by Crippen LogP contribution is 2.19. The van der Waals surface area contributed by atoms with Gasteiger partial charge in [-0.25, -0.2) is 0 Å². The topological polar surface area (TPSA) is 32.3 Å². The number of hydrogen-bond donors (Lipinski definition) is 2. The van der Waals surface area contributed by atoms with Gasteiger partial charge in [0.1, 0.15) is 0 Å². The third-order valence-corrected chi connectivity index (χ3v) is 3.18. The molecule has 2 unspecified atom stereocenters. The van der Waals surface area contributed by atoms with E-state index in [-0.39, 0.29) is 6.61 Å². The lowest BCUT2D eigenvalue weighted by Crippen LogP contribution is -2.24.